The van der Waals surface area contributed by atoms with Gasteiger partial charge in [0.25, 0.3) is 5.91 Å². The van der Waals surface area contributed by atoms with Gasteiger partial charge in [-0.05, 0) is 48.2 Å². The Balaban J connectivity index is 2.00. The fraction of sp³-hybridized carbons (Fsp3) is 0.300. The van der Waals surface area contributed by atoms with E-state index in [-0.39, 0.29) is 16.9 Å². The minimum absolute atomic E-state index is 0.0523. The molecule has 2 aromatic rings. The number of aromatic carboxylic acids is 1. The van der Waals surface area contributed by atoms with Crippen molar-refractivity contribution in [3.05, 3.63) is 59.7 Å². The van der Waals surface area contributed by atoms with Crippen molar-refractivity contribution in [1.82, 2.24) is 0 Å². The number of rotatable bonds is 5. The van der Waals surface area contributed by atoms with E-state index in [0.29, 0.717) is 11.4 Å². The molecular formula is C20H23NO4. The van der Waals surface area contributed by atoms with E-state index in [9.17, 15) is 9.59 Å². The molecule has 1 atom stereocenters. The van der Waals surface area contributed by atoms with Crippen LogP contribution in [0.15, 0.2) is 48.5 Å². The number of nitrogens with one attached hydrogen (secondary N) is 1. The highest BCUT2D eigenvalue weighted by atomic mass is 16.5. The fourth-order valence-corrected chi connectivity index (χ4v) is 2.27. The van der Waals surface area contributed by atoms with Gasteiger partial charge in [0.15, 0.2) is 6.10 Å². The smallest absolute Gasteiger partial charge is 0.335 e. The Morgan fingerprint density at radius 3 is 2.28 bits per heavy atom. The van der Waals surface area contributed by atoms with Crippen molar-refractivity contribution in [1.29, 1.82) is 0 Å². The molecule has 132 valence electrons. The van der Waals surface area contributed by atoms with Gasteiger partial charge >= 0.3 is 5.97 Å². The highest BCUT2D eigenvalue weighted by Gasteiger charge is 2.17. The molecule has 0 spiro atoms. The van der Waals surface area contributed by atoms with Crippen LogP contribution in [0.3, 0.4) is 0 Å². The molecule has 1 amide bonds. The molecule has 0 heterocycles. The molecule has 5 heteroatoms. The van der Waals surface area contributed by atoms with E-state index in [4.69, 9.17) is 9.84 Å². The van der Waals surface area contributed by atoms with E-state index in [2.05, 4.69) is 26.1 Å². The van der Waals surface area contributed by atoms with Gasteiger partial charge < -0.3 is 15.2 Å². The minimum atomic E-state index is -1.04. The lowest BCUT2D eigenvalue weighted by atomic mass is 9.87. The molecule has 0 radical (unpaired) electrons. The number of benzene rings is 2. The summed E-state index contributed by atoms with van der Waals surface area (Å²) in [4.78, 5) is 23.2. The fourth-order valence-electron chi connectivity index (χ4n) is 2.27. The number of carbonyl (C=O) groups is 2. The van der Waals surface area contributed by atoms with E-state index < -0.39 is 12.1 Å². The Bertz CT molecular complexity index is 760. The predicted molar refractivity (Wildman–Crippen MR) is 97.3 cm³/mol. The van der Waals surface area contributed by atoms with Gasteiger partial charge in [-0.2, -0.15) is 0 Å². The number of ether oxygens (including phenoxy) is 1. The van der Waals surface area contributed by atoms with Crippen LogP contribution >= 0.6 is 0 Å². The van der Waals surface area contributed by atoms with Crippen LogP contribution in [-0.2, 0) is 10.2 Å². The van der Waals surface area contributed by atoms with Crippen molar-refractivity contribution in [3.8, 4) is 5.75 Å². The summed E-state index contributed by atoms with van der Waals surface area (Å²) >= 11 is 0. The van der Waals surface area contributed by atoms with Crippen LogP contribution in [0.5, 0.6) is 5.75 Å². The number of carbonyl (C=O) groups excluding carboxylic acids is 1. The monoisotopic (exact) mass is 341 g/mol. The largest absolute Gasteiger partial charge is 0.481 e. The van der Waals surface area contributed by atoms with Gasteiger partial charge in [-0.3, -0.25) is 4.79 Å². The minimum Gasteiger partial charge on any atom is -0.481 e. The number of amides is 1. The molecule has 0 bridgehead atoms. The zero-order valence-electron chi connectivity index (χ0n) is 14.9. The molecular weight excluding hydrogens is 318 g/mol. The molecule has 2 N–H and O–H groups in total. The van der Waals surface area contributed by atoms with Crippen LogP contribution in [0.1, 0.15) is 43.6 Å². The molecule has 0 saturated carbocycles. The van der Waals surface area contributed by atoms with E-state index in [1.165, 1.54) is 17.7 Å². The van der Waals surface area contributed by atoms with E-state index in [1.807, 2.05) is 24.3 Å². The van der Waals surface area contributed by atoms with Crippen LogP contribution in [0.25, 0.3) is 0 Å². The van der Waals surface area contributed by atoms with Gasteiger partial charge in [0.05, 0.1) is 5.56 Å². The normalized spacial score (nSPS) is 12.3. The number of anilines is 1. The molecule has 2 aromatic carbocycles. The van der Waals surface area contributed by atoms with Crippen LogP contribution in [-0.4, -0.2) is 23.1 Å². The van der Waals surface area contributed by atoms with Crippen molar-refractivity contribution in [3.63, 3.8) is 0 Å². The molecule has 5 nitrogen and oxygen atoms in total. The average Bonchev–Trinajstić information content (AvgIpc) is 2.54. The van der Waals surface area contributed by atoms with E-state index >= 15 is 0 Å². The first kappa shape index (κ1) is 18.5. The first-order valence-electron chi connectivity index (χ1n) is 8.08. The predicted octanol–water partition coefficient (Wildman–Crippen LogP) is 4.09. The molecule has 0 fully saturated rings. The van der Waals surface area contributed by atoms with Crippen molar-refractivity contribution >= 4 is 17.6 Å². The Morgan fingerprint density at radius 1 is 1.08 bits per heavy atom. The first-order chi connectivity index (χ1) is 11.7. The van der Waals surface area contributed by atoms with Gasteiger partial charge in [0.1, 0.15) is 5.75 Å². The van der Waals surface area contributed by atoms with E-state index in [0.717, 1.165) is 0 Å². The van der Waals surface area contributed by atoms with Crippen molar-refractivity contribution in [2.45, 2.75) is 39.2 Å². The highest BCUT2D eigenvalue weighted by molar-refractivity contribution is 5.96. The third-order valence-corrected chi connectivity index (χ3v) is 3.78. The summed E-state index contributed by atoms with van der Waals surface area (Å²) in [6.07, 6.45) is -0.714. The number of carboxylic acid groups (broad SMARTS) is 1. The quantitative estimate of drug-likeness (QED) is 0.859. The zero-order valence-corrected chi connectivity index (χ0v) is 14.9. The lowest BCUT2D eigenvalue weighted by Crippen LogP contribution is -2.30. The molecule has 0 aliphatic heterocycles. The Labute approximate surface area is 147 Å². The second-order valence-electron chi connectivity index (χ2n) is 6.91. The number of hydrogen-bond donors (Lipinski definition) is 2. The third-order valence-electron chi connectivity index (χ3n) is 3.78. The lowest BCUT2D eigenvalue weighted by Gasteiger charge is -2.20. The van der Waals surface area contributed by atoms with Gasteiger partial charge in [0.2, 0.25) is 0 Å². The highest BCUT2D eigenvalue weighted by Crippen LogP contribution is 2.24. The Morgan fingerprint density at radius 2 is 1.72 bits per heavy atom. The van der Waals surface area contributed by atoms with Crippen LogP contribution in [0.4, 0.5) is 5.69 Å². The van der Waals surface area contributed by atoms with Crippen molar-refractivity contribution < 1.29 is 19.4 Å². The number of hydrogen-bond acceptors (Lipinski definition) is 3. The molecule has 1 unspecified atom stereocenters. The van der Waals surface area contributed by atoms with E-state index in [1.54, 1.807) is 19.1 Å². The topological polar surface area (TPSA) is 75.6 Å². The summed E-state index contributed by atoms with van der Waals surface area (Å²) in [6, 6.07) is 13.7. The standard InChI is InChI=1S/C20H23NO4/c1-13(25-17-10-8-15(9-11-17)20(2,3)4)18(22)21-16-7-5-6-14(12-16)19(23)24/h5-13H,1-4H3,(H,21,22)(H,23,24). The van der Waals surface area contributed by atoms with Crippen LogP contribution in [0.2, 0.25) is 0 Å². The van der Waals surface area contributed by atoms with Crippen molar-refractivity contribution in [2.75, 3.05) is 5.32 Å². The SMILES string of the molecule is CC(Oc1ccc(C(C)(C)C)cc1)C(=O)Nc1cccc(C(=O)O)c1. The van der Waals surface area contributed by atoms with Crippen molar-refractivity contribution in [2.24, 2.45) is 0 Å². The zero-order chi connectivity index (χ0) is 18.6. The summed E-state index contributed by atoms with van der Waals surface area (Å²) in [5.74, 6) is -0.781. The molecule has 25 heavy (non-hydrogen) atoms. The Kier molecular flexibility index (Phi) is 5.47. The summed E-state index contributed by atoms with van der Waals surface area (Å²) in [7, 11) is 0. The van der Waals surface area contributed by atoms with Gasteiger partial charge in [-0.1, -0.05) is 39.0 Å². The first-order valence-corrected chi connectivity index (χ1v) is 8.08. The number of carboxylic acids is 1. The van der Waals surface area contributed by atoms with Gasteiger partial charge in [-0.15, -0.1) is 0 Å². The van der Waals surface area contributed by atoms with Crippen LogP contribution < -0.4 is 10.1 Å². The second-order valence-corrected chi connectivity index (χ2v) is 6.91. The maximum atomic E-state index is 12.2. The Hall–Kier alpha value is -2.82. The third kappa shape index (κ3) is 5.08. The molecule has 0 aliphatic carbocycles. The summed E-state index contributed by atoms with van der Waals surface area (Å²) in [6.45, 7) is 8.03. The summed E-state index contributed by atoms with van der Waals surface area (Å²) in [5, 5.41) is 11.7. The maximum absolute atomic E-state index is 12.2. The molecule has 0 saturated heterocycles. The second kappa shape index (κ2) is 7.38. The molecule has 2 rings (SSSR count). The average molecular weight is 341 g/mol. The lowest BCUT2D eigenvalue weighted by molar-refractivity contribution is -0.122. The summed E-state index contributed by atoms with van der Waals surface area (Å²) in [5.41, 5.74) is 1.77. The van der Waals surface area contributed by atoms with Gasteiger partial charge in [-0.25, -0.2) is 4.79 Å². The van der Waals surface area contributed by atoms with Gasteiger partial charge in [0, 0.05) is 5.69 Å². The molecule has 0 aromatic heterocycles. The van der Waals surface area contributed by atoms with Crippen LogP contribution in [0, 0.1) is 0 Å². The summed E-state index contributed by atoms with van der Waals surface area (Å²) < 4.78 is 5.67. The molecule has 0 aliphatic rings. The maximum Gasteiger partial charge on any atom is 0.335 e.